The summed E-state index contributed by atoms with van der Waals surface area (Å²) in [6, 6.07) is 20.8. The average molecular weight is 458 g/mol. The first-order chi connectivity index (χ1) is 16.1. The molecule has 0 bridgehead atoms. The van der Waals surface area contributed by atoms with Gasteiger partial charge in [0.15, 0.2) is 0 Å². The fourth-order valence-electron chi connectivity index (χ4n) is 4.09. The fourth-order valence-corrected chi connectivity index (χ4v) is 4.86. The number of pyridine rings is 1. The number of hydrogen-bond acceptors (Lipinski definition) is 5. The summed E-state index contributed by atoms with van der Waals surface area (Å²) in [5, 5.41) is 35.6. The number of nitrogens with zero attached hydrogens (tertiary/aromatic N) is 1. The molecule has 0 aliphatic heterocycles. The van der Waals surface area contributed by atoms with Crippen LogP contribution in [0.15, 0.2) is 91.0 Å². The highest BCUT2D eigenvalue weighted by Crippen LogP contribution is 2.34. The SMILES string of the molecule is C=C[C@H]([C@H](O)CC/C(=C/c1ccc(O)c2ccccc12)c1ccccn1)[C@H](O)c1cccs1. The number of hydrogen-bond donors (Lipinski definition) is 3. The summed E-state index contributed by atoms with van der Waals surface area (Å²) in [6.45, 7) is 3.84. The first kappa shape index (κ1) is 22.9. The summed E-state index contributed by atoms with van der Waals surface area (Å²) < 4.78 is 0. The van der Waals surface area contributed by atoms with Crippen molar-refractivity contribution in [1.29, 1.82) is 0 Å². The topological polar surface area (TPSA) is 73.6 Å². The van der Waals surface area contributed by atoms with Crippen LogP contribution in [0.4, 0.5) is 0 Å². The number of aromatic nitrogens is 1. The zero-order chi connectivity index (χ0) is 23.2. The Bertz CT molecular complexity index is 1230. The van der Waals surface area contributed by atoms with Gasteiger partial charge < -0.3 is 15.3 Å². The van der Waals surface area contributed by atoms with Crippen molar-refractivity contribution in [3.63, 3.8) is 0 Å². The van der Waals surface area contributed by atoms with Gasteiger partial charge in [0.1, 0.15) is 5.75 Å². The van der Waals surface area contributed by atoms with Crippen LogP contribution in [0.25, 0.3) is 22.4 Å². The van der Waals surface area contributed by atoms with Gasteiger partial charge in [-0.3, -0.25) is 4.98 Å². The Balaban J connectivity index is 1.63. The second-order valence-electron chi connectivity index (χ2n) is 7.98. The predicted molar refractivity (Wildman–Crippen MR) is 136 cm³/mol. The van der Waals surface area contributed by atoms with E-state index in [0.29, 0.717) is 12.8 Å². The lowest BCUT2D eigenvalue weighted by Gasteiger charge is -2.24. The van der Waals surface area contributed by atoms with Gasteiger partial charge in [-0.15, -0.1) is 17.9 Å². The summed E-state index contributed by atoms with van der Waals surface area (Å²) in [5.41, 5.74) is 2.77. The molecule has 0 unspecified atom stereocenters. The maximum atomic E-state index is 10.9. The van der Waals surface area contributed by atoms with Gasteiger partial charge in [-0.25, -0.2) is 0 Å². The van der Waals surface area contributed by atoms with Gasteiger partial charge in [0.25, 0.3) is 0 Å². The largest absolute Gasteiger partial charge is 0.507 e. The van der Waals surface area contributed by atoms with Gasteiger partial charge in [-0.1, -0.05) is 48.5 Å². The molecule has 4 rings (SSSR count). The Morgan fingerprint density at radius 2 is 1.76 bits per heavy atom. The van der Waals surface area contributed by atoms with Gasteiger partial charge in [0, 0.05) is 22.4 Å². The van der Waals surface area contributed by atoms with Crippen LogP contribution < -0.4 is 0 Å². The van der Waals surface area contributed by atoms with Gasteiger partial charge in [-0.2, -0.15) is 0 Å². The monoisotopic (exact) mass is 457 g/mol. The third-order valence-electron chi connectivity index (χ3n) is 5.88. The molecule has 168 valence electrons. The van der Waals surface area contributed by atoms with Crippen LogP contribution in [0.3, 0.4) is 0 Å². The molecule has 2 aromatic heterocycles. The van der Waals surface area contributed by atoms with E-state index in [1.54, 1.807) is 18.3 Å². The lowest BCUT2D eigenvalue weighted by molar-refractivity contribution is 0.0343. The Morgan fingerprint density at radius 3 is 2.45 bits per heavy atom. The van der Waals surface area contributed by atoms with Crippen LogP contribution in [-0.4, -0.2) is 26.4 Å². The molecule has 0 fully saturated rings. The van der Waals surface area contributed by atoms with Crippen molar-refractivity contribution in [2.75, 3.05) is 0 Å². The lowest BCUT2D eigenvalue weighted by atomic mass is 9.89. The molecule has 0 aliphatic rings. The normalized spacial score (nSPS) is 14.7. The zero-order valence-electron chi connectivity index (χ0n) is 18.2. The number of benzene rings is 2. The number of aliphatic hydroxyl groups excluding tert-OH is 2. The Kier molecular flexibility index (Phi) is 7.35. The van der Waals surface area contributed by atoms with Crippen LogP contribution in [0.2, 0.25) is 0 Å². The minimum Gasteiger partial charge on any atom is -0.507 e. The number of aliphatic hydroxyl groups is 2. The summed E-state index contributed by atoms with van der Waals surface area (Å²) >= 11 is 1.47. The van der Waals surface area contributed by atoms with Crippen molar-refractivity contribution in [1.82, 2.24) is 4.98 Å². The smallest absolute Gasteiger partial charge is 0.123 e. The van der Waals surface area contributed by atoms with E-state index in [0.717, 1.165) is 32.5 Å². The van der Waals surface area contributed by atoms with Crippen molar-refractivity contribution in [2.45, 2.75) is 25.0 Å². The van der Waals surface area contributed by atoms with E-state index in [4.69, 9.17) is 0 Å². The summed E-state index contributed by atoms with van der Waals surface area (Å²) in [4.78, 5) is 5.34. The van der Waals surface area contributed by atoms with Crippen molar-refractivity contribution in [2.24, 2.45) is 5.92 Å². The number of allylic oxidation sites excluding steroid dienone is 1. The van der Waals surface area contributed by atoms with Gasteiger partial charge in [-0.05, 0) is 65.1 Å². The minimum atomic E-state index is -0.791. The number of phenolic OH excluding ortho intramolecular Hbond substituents is 1. The van der Waals surface area contributed by atoms with E-state index in [1.165, 1.54) is 11.3 Å². The molecule has 5 heteroatoms. The minimum absolute atomic E-state index is 0.244. The zero-order valence-corrected chi connectivity index (χ0v) is 19.0. The van der Waals surface area contributed by atoms with Crippen LogP contribution in [0, 0.1) is 5.92 Å². The fraction of sp³-hybridized carbons (Fsp3) is 0.179. The van der Waals surface area contributed by atoms with Gasteiger partial charge in [0.2, 0.25) is 0 Å². The molecule has 2 aromatic carbocycles. The molecular weight excluding hydrogens is 430 g/mol. The standard InChI is InChI=1S/C28H27NO3S/c1-2-21(28(32)27-11-7-17-33-27)25(30)15-13-20(24-10-5-6-16-29-24)18-19-12-14-26(31)23-9-4-3-8-22(19)23/h2-12,14,16-18,21,25,28,30-32H,1,13,15H2/b20-18-/t21-,25-,28+/m1/s1. The highest BCUT2D eigenvalue weighted by molar-refractivity contribution is 7.10. The van der Waals surface area contributed by atoms with Crippen LogP contribution in [-0.2, 0) is 0 Å². The highest BCUT2D eigenvalue weighted by Gasteiger charge is 2.26. The van der Waals surface area contributed by atoms with Crippen molar-refractivity contribution < 1.29 is 15.3 Å². The molecule has 3 N–H and O–H groups in total. The maximum Gasteiger partial charge on any atom is 0.123 e. The summed E-state index contributed by atoms with van der Waals surface area (Å²) in [6.07, 6.45) is 4.90. The molecule has 0 saturated carbocycles. The third kappa shape index (κ3) is 5.22. The lowest BCUT2D eigenvalue weighted by Crippen LogP contribution is -2.24. The first-order valence-corrected chi connectivity index (χ1v) is 11.8. The van der Waals surface area contributed by atoms with Crippen molar-refractivity contribution in [3.8, 4) is 5.75 Å². The van der Waals surface area contributed by atoms with Crippen molar-refractivity contribution in [3.05, 3.63) is 107 Å². The van der Waals surface area contributed by atoms with Gasteiger partial charge in [0.05, 0.1) is 17.9 Å². The molecular formula is C28H27NO3S. The molecule has 0 amide bonds. The van der Waals surface area contributed by atoms with E-state index in [1.807, 2.05) is 66.0 Å². The number of phenols is 1. The van der Waals surface area contributed by atoms with Gasteiger partial charge >= 0.3 is 0 Å². The molecule has 2 heterocycles. The predicted octanol–water partition coefficient (Wildman–Crippen LogP) is 6.22. The molecule has 0 aliphatic carbocycles. The number of rotatable bonds is 9. The number of fused-ring (bicyclic) bond motifs is 1. The highest BCUT2D eigenvalue weighted by atomic mass is 32.1. The second kappa shape index (κ2) is 10.6. The first-order valence-electron chi connectivity index (χ1n) is 10.9. The average Bonchev–Trinajstić information content (AvgIpc) is 3.39. The van der Waals surface area contributed by atoms with E-state index in [2.05, 4.69) is 17.6 Å². The molecule has 3 atom stereocenters. The molecule has 33 heavy (non-hydrogen) atoms. The summed E-state index contributed by atoms with van der Waals surface area (Å²) in [5.74, 6) is -0.225. The molecule has 4 aromatic rings. The Labute approximate surface area is 197 Å². The van der Waals surface area contributed by atoms with Crippen LogP contribution in [0.1, 0.15) is 35.1 Å². The van der Waals surface area contributed by atoms with E-state index >= 15 is 0 Å². The molecule has 0 saturated heterocycles. The number of thiophene rings is 1. The molecule has 0 spiro atoms. The maximum absolute atomic E-state index is 10.9. The summed E-state index contributed by atoms with van der Waals surface area (Å²) in [7, 11) is 0. The van der Waals surface area contributed by atoms with E-state index in [-0.39, 0.29) is 5.75 Å². The molecule has 4 nitrogen and oxygen atoms in total. The van der Waals surface area contributed by atoms with Crippen LogP contribution in [0.5, 0.6) is 5.75 Å². The van der Waals surface area contributed by atoms with Crippen molar-refractivity contribution >= 4 is 33.8 Å². The quantitative estimate of drug-likeness (QED) is 0.261. The second-order valence-corrected chi connectivity index (χ2v) is 8.96. The number of aromatic hydroxyl groups is 1. The molecule has 0 radical (unpaired) electrons. The van der Waals surface area contributed by atoms with E-state index in [9.17, 15) is 15.3 Å². The third-order valence-corrected chi connectivity index (χ3v) is 6.83. The van der Waals surface area contributed by atoms with E-state index < -0.39 is 18.1 Å². The van der Waals surface area contributed by atoms with Crippen LogP contribution >= 0.6 is 11.3 Å². The Hall–Kier alpha value is -3.25. The Morgan fingerprint density at radius 1 is 0.970 bits per heavy atom.